The maximum absolute atomic E-state index is 12.7. The second kappa shape index (κ2) is 7.42. The monoisotopic (exact) mass is 381 g/mol. The molecule has 144 valence electrons. The lowest BCUT2D eigenvalue weighted by molar-refractivity contribution is -0.141. The van der Waals surface area contributed by atoms with Crippen LogP contribution >= 0.6 is 0 Å². The Morgan fingerprint density at radius 1 is 1.22 bits per heavy atom. The van der Waals surface area contributed by atoms with Gasteiger partial charge in [-0.1, -0.05) is 24.3 Å². The van der Waals surface area contributed by atoms with Gasteiger partial charge in [0.2, 0.25) is 5.91 Å². The molecule has 2 amide bonds. The molecule has 0 atom stereocenters. The fourth-order valence-corrected chi connectivity index (χ4v) is 3.13. The second-order valence-corrected chi connectivity index (χ2v) is 6.44. The van der Waals surface area contributed by atoms with Gasteiger partial charge >= 0.3 is 6.18 Å². The predicted octanol–water partition coefficient (Wildman–Crippen LogP) is 2.47. The zero-order valence-electron chi connectivity index (χ0n) is 14.3. The highest BCUT2D eigenvalue weighted by molar-refractivity contribution is 6.01. The van der Waals surface area contributed by atoms with Gasteiger partial charge in [-0.15, -0.1) is 0 Å². The Hall–Kier alpha value is -2.84. The topological polar surface area (TPSA) is 82.5 Å². The Kier molecular flexibility index (Phi) is 5.20. The van der Waals surface area contributed by atoms with E-state index >= 15 is 0 Å². The first-order chi connectivity index (χ1) is 12.8. The molecule has 0 aliphatic carbocycles. The van der Waals surface area contributed by atoms with Gasteiger partial charge in [0.15, 0.2) is 11.4 Å². The Morgan fingerprint density at radius 2 is 1.89 bits per heavy atom. The minimum absolute atomic E-state index is 0.0753. The van der Waals surface area contributed by atoms with E-state index in [1.54, 1.807) is 24.3 Å². The fraction of sp³-hybridized carbons (Fsp3) is 0.389. The molecule has 0 spiro atoms. The van der Waals surface area contributed by atoms with Crippen molar-refractivity contribution in [3.8, 4) is 5.75 Å². The molecule has 1 fully saturated rings. The molecule has 27 heavy (non-hydrogen) atoms. The quantitative estimate of drug-likeness (QED) is 0.856. The van der Waals surface area contributed by atoms with E-state index in [1.807, 2.05) is 5.32 Å². The number of aromatic hydroxyl groups is 1. The third-order valence-corrected chi connectivity index (χ3v) is 4.59. The van der Waals surface area contributed by atoms with Gasteiger partial charge in [-0.2, -0.15) is 13.2 Å². The average molecular weight is 381 g/mol. The lowest BCUT2D eigenvalue weighted by Crippen LogP contribution is -2.44. The number of fused-ring (bicyclic) bond motifs is 1. The molecule has 6 nitrogen and oxygen atoms in total. The van der Waals surface area contributed by atoms with Crippen molar-refractivity contribution in [2.24, 2.45) is 5.92 Å². The van der Waals surface area contributed by atoms with Gasteiger partial charge in [-0.25, -0.2) is 4.98 Å². The molecule has 0 radical (unpaired) electrons. The van der Waals surface area contributed by atoms with Crippen molar-refractivity contribution < 1.29 is 27.9 Å². The zero-order valence-corrected chi connectivity index (χ0v) is 14.3. The zero-order chi connectivity index (χ0) is 19.6. The summed E-state index contributed by atoms with van der Waals surface area (Å²) in [4.78, 5) is 30.0. The van der Waals surface area contributed by atoms with Crippen LogP contribution in [0, 0.1) is 5.92 Å². The highest BCUT2D eigenvalue weighted by atomic mass is 19.4. The van der Waals surface area contributed by atoms with Gasteiger partial charge < -0.3 is 15.3 Å². The van der Waals surface area contributed by atoms with Crippen molar-refractivity contribution in [1.82, 2.24) is 15.2 Å². The van der Waals surface area contributed by atoms with Crippen LogP contribution in [0.5, 0.6) is 5.75 Å². The molecular weight excluding hydrogens is 363 g/mol. The van der Waals surface area contributed by atoms with Crippen molar-refractivity contribution >= 4 is 22.6 Å². The number of hydrogen-bond acceptors (Lipinski definition) is 4. The van der Waals surface area contributed by atoms with E-state index in [0.29, 0.717) is 10.8 Å². The lowest BCUT2D eigenvalue weighted by Gasteiger charge is -2.31. The first-order valence-electron chi connectivity index (χ1n) is 8.46. The number of carbonyl (C=O) groups excluding carboxylic acids is 2. The summed E-state index contributed by atoms with van der Waals surface area (Å²) in [5, 5.41) is 13.4. The Morgan fingerprint density at radius 3 is 2.56 bits per heavy atom. The van der Waals surface area contributed by atoms with E-state index in [0.717, 1.165) is 0 Å². The maximum atomic E-state index is 12.7. The smallest absolute Gasteiger partial charge is 0.405 e. The Balaban J connectivity index is 1.64. The molecule has 3 rings (SSSR count). The minimum atomic E-state index is -4.45. The van der Waals surface area contributed by atoms with E-state index in [4.69, 9.17) is 0 Å². The number of amides is 2. The number of alkyl halides is 3. The molecule has 1 aromatic carbocycles. The molecule has 2 aromatic rings. The van der Waals surface area contributed by atoms with Crippen molar-refractivity contribution in [3.05, 3.63) is 36.2 Å². The van der Waals surface area contributed by atoms with E-state index in [9.17, 15) is 27.9 Å². The van der Waals surface area contributed by atoms with Gasteiger partial charge in [0, 0.05) is 36.0 Å². The fourth-order valence-electron chi connectivity index (χ4n) is 3.13. The SMILES string of the molecule is O=C(NCC(F)(F)F)C1CCN(C(=O)c2ncc3ccccc3c2O)CC1. The van der Waals surface area contributed by atoms with Crippen LogP contribution in [-0.4, -0.2) is 52.6 Å². The number of halogens is 3. The van der Waals surface area contributed by atoms with Crippen molar-refractivity contribution in [2.45, 2.75) is 19.0 Å². The van der Waals surface area contributed by atoms with Crippen molar-refractivity contribution in [2.75, 3.05) is 19.6 Å². The third kappa shape index (κ3) is 4.29. The number of nitrogens with zero attached hydrogens (tertiary/aromatic N) is 2. The van der Waals surface area contributed by atoms with Crippen LogP contribution in [0.3, 0.4) is 0 Å². The van der Waals surface area contributed by atoms with E-state index < -0.39 is 30.5 Å². The summed E-state index contributed by atoms with van der Waals surface area (Å²) < 4.78 is 36.6. The summed E-state index contributed by atoms with van der Waals surface area (Å²) in [7, 11) is 0. The number of hydrogen-bond donors (Lipinski definition) is 2. The van der Waals surface area contributed by atoms with E-state index in [-0.39, 0.29) is 37.4 Å². The third-order valence-electron chi connectivity index (χ3n) is 4.59. The molecule has 0 saturated carbocycles. The molecule has 1 aliphatic rings. The number of piperidine rings is 1. The molecule has 0 bridgehead atoms. The number of aromatic nitrogens is 1. The van der Waals surface area contributed by atoms with Gasteiger partial charge in [0.25, 0.3) is 5.91 Å². The number of pyridine rings is 1. The van der Waals surface area contributed by atoms with Gasteiger partial charge in [0.1, 0.15) is 6.54 Å². The van der Waals surface area contributed by atoms with Crippen LogP contribution in [0.1, 0.15) is 23.3 Å². The Bertz CT molecular complexity index is 862. The standard InChI is InChI=1S/C18H18F3N3O3/c19-18(20,21)10-23-16(26)11-5-7-24(8-6-11)17(27)14-15(25)13-4-2-1-3-12(13)9-22-14/h1-4,9,11,25H,5-8,10H2,(H,23,26). The van der Waals surface area contributed by atoms with Crippen LogP contribution < -0.4 is 5.32 Å². The summed E-state index contributed by atoms with van der Waals surface area (Å²) in [6, 6.07) is 6.97. The van der Waals surface area contributed by atoms with Crippen LogP contribution in [0.4, 0.5) is 13.2 Å². The second-order valence-electron chi connectivity index (χ2n) is 6.44. The molecule has 9 heteroatoms. The van der Waals surface area contributed by atoms with Crippen molar-refractivity contribution in [3.63, 3.8) is 0 Å². The first-order valence-corrected chi connectivity index (χ1v) is 8.46. The number of benzene rings is 1. The van der Waals surface area contributed by atoms with Gasteiger partial charge in [-0.05, 0) is 12.8 Å². The maximum Gasteiger partial charge on any atom is 0.405 e. The largest absolute Gasteiger partial charge is 0.505 e. The first kappa shape index (κ1) is 18.9. The van der Waals surface area contributed by atoms with Crippen LogP contribution in [0.25, 0.3) is 10.8 Å². The highest BCUT2D eigenvalue weighted by Gasteiger charge is 2.32. The van der Waals surface area contributed by atoms with E-state index in [1.165, 1.54) is 11.1 Å². The number of nitrogens with one attached hydrogen (secondary N) is 1. The van der Waals surface area contributed by atoms with Crippen LogP contribution in [-0.2, 0) is 4.79 Å². The summed E-state index contributed by atoms with van der Waals surface area (Å²) in [6.07, 6.45) is -2.45. The summed E-state index contributed by atoms with van der Waals surface area (Å²) in [6.45, 7) is -0.951. The minimum Gasteiger partial charge on any atom is -0.505 e. The average Bonchev–Trinajstić information content (AvgIpc) is 2.66. The molecule has 1 saturated heterocycles. The molecular formula is C18H18F3N3O3. The molecule has 2 N–H and O–H groups in total. The molecule has 1 aromatic heterocycles. The Labute approximate surface area is 153 Å². The predicted molar refractivity (Wildman–Crippen MR) is 91.1 cm³/mol. The highest BCUT2D eigenvalue weighted by Crippen LogP contribution is 2.28. The molecule has 2 heterocycles. The lowest BCUT2D eigenvalue weighted by atomic mass is 9.95. The summed E-state index contributed by atoms with van der Waals surface area (Å²) in [5.41, 5.74) is -0.0753. The van der Waals surface area contributed by atoms with Gasteiger partial charge in [0.05, 0.1) is 0 Å². The normalized spacial score (nSPS) is 15.7. The van der Waals surface area contributed by atoms with Crippen molar-refractivity contribution in [1.29, 1.82) is 0 Å². The number of carbonyl (C=O) groups is 2. The van der Waals surface area contributed by atoms with Crippen LogP contribution in [0.2, 0.25) is 0 Å². The molecule has 1 aliphatic heterocycles. The van der Waals surface area contributed by atoms with Crippen LogP contribution in [0.15, 0.2) is 30.5 Å². The van der Waals surface area contributed by atoms with Gasteiger partial charge in [-0.3, -0.25) is 9.59 Å². The number of rotatable bonds is 3. The summed E-state index contributed by atoms with van der Waals surface area (Å²) in [5.74, 6) is -1.91. The molecule has 0 unspecified atom stereocenters. The number of likely N-dealkylation sites (tertiary alicyclic amines) is 1. The summed E-state index contributed by atoms with van der Waals surface area (Å²) >= 11 is 0. The van der Waals surface area contributed by atoms with E-state index in [2.05, 4.69) is 4.98 Å².